The van der Waals surface area contributed by atoms with Crippen LogP contribution in [0.2, 0.25) is 0 Å². The lowest BCUT2D eigenvalue weighted by Gasteiger charge is -2.18. The molecule has 23 heavy (non-hydrogen) atoms. The molecule has 1 fully saturated rings. The van der Waals surface area contributed by atoms with Gasteiger partial charge in [-0.1, -0.05) is 12.1 Å². The molecule has 6 nitrogen and oxygen atoms in total. The van der Waals surface area contributed by atoms with Gasteiger partial charge in [0, 0.05) is 31.8 Å². The highest BCUT2D eigenvalue weighted by Gasteiger charge is 2.25. The maximum atomic E-state index is 13.4. The van der Waals surface area contributed by atoms with Crippen molar-refractivity contribution in [2.24, 2.45) is 0 Å². The van der Waals surface area contributed by atoms with Gasteiger partial charge in [0.15, 0.2) is 11.5 Å². The van der Waals surface area contributed by atoms with E-state index in [9.17, 15) is 14.3 Å². The van der Waals surface area contributed by atoms with Gasteiger partial charge < -0.3 is 14.7 Å². The number of methoxy groups -OCH3 is 1. The zero-order valence-electron chi connectivity index (χ0n) is 12.6. The van der Waals surface area contributed by atoms with E-state index in [4.69, 9.17) is 4.74 Å². The summed E-state index contributed by atoms with van der Waals surface area (Å²) < 4.78 is 18.7. The maximum Gasteiger partial charge on any atom is 0.354 e. The van der Waals surface area contributed by atoms with Crippen molar-refractivity contribution in [1.82, 2.24) is 9.97 Å². The molecule has 1 aliphatic rings. The molecule has 2 heterocycles. The third kappa shape index (κ3) is 3.29. The minimum absolute atomic E-state index is 0.0934. The van der Waals surface area contributed by atoms with Gasteiger partial charge in [-0.05, 0) is 18.6 Å². The van der Waals surface area contributed by atoms with Crippen molar-refractivity contribution in [3.05, 3.63) is 41.8 Å². The first kappa shape index (κ1) is 15.4. The molecule has 120 valence electrons. The van der Waals surface area contributed by atoms with Crippen molar-refractivity contribution in [1.29, 1.82) is 0 Å². The van der Waals surface area contributed by atoms with E-state index in [0.717, 1.165) is 13.0 Å². The Morgan fingerprint density at radius 3 is 2.87 bits per heavy atom. The van der Waals surface area contributed by atoms with Crippen LogP contribution in [0.1, 0.15) is 16.9 Å². The normalized spacial score (nSPS) is 17.5. The molecule has 7 heteroatoms. The molecule has 1 aromatic carbocycles. The van der Waals surface area contributed by atoms with Crippen molar-refractivity contribution >= 4 is 11.8 Å². The standard InChI is InChI=1S/C16H16FN3O3/c1-23-12-5-6-20(9-12)14-8-13(16(21)22)18-15(19-14)10-3-2-4-11(17)7-10/h2-4,7-8,12H,5-6,9H2,1H3,(H,21,22). The number of hydrogen-bond acceptors (Lipinski definition) is 5. The van der Waals surface area contributed by atoms with Crippen LogP contribution in [0.25, 0.3) is 11.4 Å². The smallest absolute Gasteiger partial charge is 0.354 e. The number of halogens is 1. The van der Waals surface area contributed by atoms with Gasteiger partial charge in [-0.2, -0.15) is 0 Å². The van der Waals surface area contributed by atoms with E-state index >= 15 is 0 Å². The number of carbonyl (C=O) groups is 1. The molecule has 0 amide bonds. The van der Waals surface area contributed by atoms with E-state index in [1.165, 1.54) is 24.3 Å². The molecular formula is C16H16FN3O3. The monoisotopic (exact) mass is 317 g/mol. The van der Waals surface area contributed by atoms with Gasteiger partial charge in [0.2, 0.25) is 0 Å². The predicted octanol–water partition coefficient (Wildman–Crippen LogP) is 2.21. The summed E-state index contributed by atoms with van der Waals surface area (Å²) in [7, 11) is 1.65. The third-order valence-electron chi connectivity index (χ3n) is 3.82. The molecule has 1 aromatic heterocycles. The predicted molar refractivity (Wildman–Crippen MR) is 82.0 cm³/mol. The molecule has 1 atom stereocenters. The van der Waals surface area contributed by atoms with Crippen LogP contribution in [0, 0.1) is 5.82 Å². The van der Waals surface area contributed by atoms with E-state index in [2.05, 4.69) is 9.97 Å². The quantitative estimate of drug-likeness (QED) is 0.932. The fraction of sp³-hybridized carbons (Fsp3) is 0.312. The summed E-state index contributed by atoms with van der Waals surface area (Å²) in [5.41, 5.74) is 0.326. The van der Waals surface area contributed by atoms with E-state index in [1.54, 1.807) is 13.2 Å². The van der Waals surface area contributed by atoms with Gasteiger partial charge in [0.05, 0.1) is 6.10 Å². The Bertz CT molecular complexity index is 738. The number of hydrogen-bond donors (Lipinski definition) is 1. The zero-order chi connectivity index (χ0) is 16.4. The zero-order valence-corrected chi connectivity index (χ0v) is 12.6. The van der Waals surface area contributed by atoms with Gasteiger partial charge in [-0.25, -0.2) is 19.2 Å². The molecule has 0 saturated carbocycles. The minimum atomic E-state index is -1.14. The average molecular weight is 317 g/mol. The van der Waals surface area contributed by atoms with Crippen LogP contribution in [-0.2, 0) is 4.74 Å². The number of carboxylic acid groups (broad SMARTS) is 1. The highest BCUT2D eigenvalue weighted by molar-refractivity contribution is 5.87. The highest BCUT2D eigenvalue weighted by Crippen LogP contribution is 2.24. The fourth-order valence-electron chi connectivity index (χ4n) is 2.59. The topological polar surface area (TPSA) is 75.5 Å². The number of aromatic nitrogens is 2. The first-order valence-corrected chi connectivity index (χ1v) is 7.23. The van der Waals surface area contributed by atoms with E-state index in [-0.39, 0.29) is 17.6 Å². The lowest BCUT2D eigenvalue weighted by Crippen LogP contribution is -2.24. The second-order valence-corrected chi connectivity index (χ2v) is 5.34. The highest BCUT2D eigenvalue weighted by atomic mass is 19.1. The molecule has 1 N–H and O–H groups in total. The van der Waals surface area contributed by atoms with Gasteiger partial charge in [-0.3, -0.25) is 0 Å². The summed E-state index contributed by atoms with van der Waals surface area (Å²) in [6.45, 7) is 1.35. The fourth-order valence-corrected chi connectivity index (χ4v) is 2.59. The van der Waals surface area contributed by atoms with Gasteiger partial charge in [0.1, 0.15) is 11.6 Å². The molecule has 0 bridgehead atoms. The van der Waals surface area contributed by atoms with Gasteiger partial charge >= 0.3 is 5.97 Å². The maximum absolute atomic E-state index is 13.4. The van der Waals surface area contributed by atoms with Crippen molar-refractivity contribution in [2.75, 3.05) is 25.1 Å². The summed E-state index contributed by atoms with van der Waals surface area (Å²) in [4.78, 5) is 21.7. The Morgan fingerprint density at radius 1 is 1.39 bits per heavy atom. The number of anilines is 1. The third-order valence-corrected chi connectivity index (χ3v) is 3.82. The van der Waals surface area contributed by atoms with Crippen molar-refractivity contribution in [3.8, 4) is 11.4 Å². The number of nitrogens with zero attached hydrogens (tertiary/aromatic N) is 3. The van der Waals surface area contributed by atoms with Crippen LogP contribution in [0.3, 0.4) is 0 Å². The van der Waals surface area contributed by atoms with Crippen molar-refractivity contribution < 1.29 is 19.0 Å². The Balaban J connectivity index is 2.02. The van der Waals surface area contributed by atoms with E-state index in [1.807, 2.05) is 4.90 Å². The molecule has 0 radical (unpaired) electrons. The number of rotatable bonds is 4. The molecule has 0 spiro atoms. The molecule has 1 saturated heterocycles. The van der Waals surface area contributed by atoms with Gasteiger partial charge in [0.25, 0.3) is 0 Å². The second-order valence-electron chi connectivity index (χ2n) is 5.34. The molecule has 1 unspecified atom stereocenters. The SMILES string of the molecule is COC1CCN(c2cc(C(=O)O)nc(-c3cccc(F)c3)n2)C1. The summed E-state index contributed by atoms with van der Waals surface area (Å²) >= 11 is 0. The number of ether oxygens (including phenoxy) is 1. The summed E-state index contributed by atoms with van der Waals surface area (Å²) in [5, 5.41) is 9.27. The first-order valence-electron chi connectivity index (χ1n) is 7.23. The lowest BCUT2D eigenvalue weighted by atomic mass is 10.2. The van der Waals surface area contributed by atoms with Crippen LogP contribution in [-0.4, -0.2) is 47.3 Å². The number of carboxylic acids is 1. The second kappa shape index (κ2) is 6.29. The summed E-state index contributed by atoms with van der Waals surface area (Å²) in [6.07, 6.45) is 0.939. The van der Waals surface area contributed by atoms with Crippen LogP contribution in [0.4, 0.5) is 10.2 Å². The number of benzene rings is 1. The lowest BCUT2D eigenvalue weighted by molar-refractivity contribution is 0.0690. The molecule has 0 aliphatic carbocycles. The van der Waals surface area contributed by atoms with Crippen molar-refractivity contribution in [2.45, 2.75) is 12.5 Å². The van der Waals surface area contributed by atoms with Crippen LogP contribution < -0.4 is 4.90 Å². The minimum Gasteiger partial charge on any atom is -0.477 e. The Labute approximate surface area is 132 Å². The summed E-state index contributed by atoms with van der Waals surface area (Å²) in [6, 6.07) is 7.22. The number of aromatic carboxylic acids is 1. The summed E-state index contributed by atoms with van der Waals surface area (Å²) in [5.74, 6) is -0.862. The van der Waals surface area contributed by atoms with Gasteiger partial charge in [-0.15, -0.1) is 0 Å². The molecule has 3 rings (SSSR count). The molecule has 1 aliphatic heterocycles. The largest absolute Gasteiger partial charge is 0.477 e. The Hall–Kier alpha value is -2.54. The van der Waals surface area contributed by atoms with E-state index < -0.39 is 11.8 Å². The Morgan fingerprint density at radius 2 is 2.22 bits per heavy atom. The van der Waals surface area contributed by atoms with Crippen LogP contribution in [0.5, 0.6) is 0 Å². The van der Waals surface area contributed by atoms with Crippen LogP contribution >= 0.6 is 0 Å². The molecular weight excluding hydrogens is 301 g/mol. The van der Waals surface area contributed by atoms with Crippen molar-refractivity contribution in [3.63, 3.8) is 0 Å². The molecule has 2 aromatic rings. The average Bonchev–Trinajstić information content (AvgIpc) is 3.03. The van der Waals surface area contributed by atoms with Crippen LogP contribution in [0.15, 0.2) is 30.3 Å². The van der Waals surface area contributed by atoms with E-state index in [0.29, 0.717) is 17.9 Å². The Kier molecular flexibility index (Phi) is 4.20. The first-order chi connectivity index (χ1) is 11.1.